The summed E-state index contributed by atoms with van der Waals surface area (Å²) in [6.45, 7) is 0. The molecule has 4 nitrogen and oxygen atoms in total. The Morgan fingerprint density at radius 2 is 1.84 bits per heavy atom. The van der Waals surface area contributed by atoms with Gasteiger partial charge in [0.05, 0.1) is 17.2 Å². The van der Waals surface area contributed by atoms with Crippen LogP contribution in [-0.2, 0) is 0 Å². The third-order valence-electron chi connectivity index (χ3n) is 3.06. The van der Waals surface area contributed by atoms with Gasteiger partial charge in [0.1, 0.15) is 5.56 Å². The SMILES string of the molecule is N#Cc1ccc2c(c1)[N+]([O-])=C(c1ccccc1)C2=O. The van der Waals surface area contributed by atoms with E-state index in [0.29, 0.717) is 21.4 Å². The highest BCUT2D eigenvalue weighted by Gasteiger charge is 2.36. The fourth-order valence-corrected chi connectivity index (χ4v) is 2.15. The molecule has 1 heterocycles. The number of carbonyl (C=O) groups is 1. The number of nitrogens with zero attached hydrogens (tertiary/aromatic N) is 2. The Balaban J connectivity index is 2.22. The molecule has 0 N–H and O–H groups in total. The predicted molar refractivity (Wildman–Crippen MR) is 69.3 cm³/mol. The minimum Gasteiger partial charge on any atom is -0.618 e. The Bertz CT molecular complexity index is 755. The van der Waals surface area contributed by atoms with E-state index in [-0.39, 0.29) is 17.2 Å². The highest BCUT2D eigenvalue weighted by molar-refractivity contribution is 6.52. The van der Waals surface area contributed by atoms with Crippen LogP contribution in [0.15, 0.2) is 48.5 Å². The van der Waals surface area contributed by atoms with Gasteiger partial charge in [-0.2, -0.15) is 10.0 Å². The monoisotopic (exact) mass is 248 g/mol. The summed E-state index contributed by atoms with van der Waals surface area (Å²) in [5, 5.41) is 21.1. The molecule has 0 radical (unpaired) electrons. The molecule has 0 bridgehead atoms. The third-order valence-corrected chi connectivity index (χ3v) is 3.06. The van der Waals surface area contributed by atoms with E-state index in [1.165, 1.54) is 12.1 Å². The van der Waals surface area contributed by atoms with Crippen molar-refractivity contribution in [3.8, 4) is 6.07 Å². The smallest absolute Gasteiger partial charge is 0.272 e. The standard InChI is InChI=1S/C15H8N2O2/c16-9-10-6-7-12-13(8-10)17(19)14(15(12)18)11-4-2-1-3-5-11/h1-8H. The molecule has 0 atom stereocenters. The van der Waals surface area contributed by atoms with Crippen LogP contribution >= 0.6 is 0 Å². The Kier molecular flexibility index (Phi) is 2.39. The normalized spacial score (nSPS) is 13.3. The van der Waals surface area contributed by atoms with E-state index < -0.39 is 0 Å². The number of benzene rings is 2. The summed E-state index contributed by atoms with van der Waals surface area (Å²) in [5.74, 6) is -0.305. The first-order chi connectivity index (χ1) is 9.22. The zero-order valence-electron chi connectivity index (χ0n) is 9.83. The van der Waals surface area contributed by atoms with E-state index in [2.05, 4.69) is 0 Å². The molecular formula is C15H8N2O2. The highest BCUT2D eigenvalue weighted by atomic mass is 16.5. The fraction of sp³-hybridized carbons (Fsp3) is 0. The zero-order valence-corrected chi connectivity index (χ0v) is 9.83. The maximum absolute atomic E-state index is 12.2. The van der Waals surface area contributed by atoms with E-state index in [0.717, 1.165) is 0 Å². The van der Waals surface area contributed by atoms with Crippen LogP contribution in [0.2, 0.25) is 0 Å². The fourth-order valence-electron chi connectivity index (χ4n) is 2.15. The van der Waals surface area contributed by atoms with Crippen molar-refractivity contribution in [2.45, 2.75) is 0 Å². The van der Waals surface area contributed by atoms with Crippen molar-refractivity contribution in [1.82, 2.24) is 0 Å². The van der Waals surface area contributed by atoms with E-state index in [9.17, 15) is 10.0 Å². The minimum absolute atomic E-state index is 0.102. The van der Waals surface area contributed by atoms with Crippen LogP contribution in [0.1, 0.15) is 21.5 Å². The van der Waals surface area contributed by atoms with Crippen LogP contribution in [0, 0.1) is 16.5 Å². The number of carbonyl (C=O) groups excluding carboxylic acids is 1. The second-order valence-corrected chi connectivity index (χ2v) is 4.18. The van der Waals surface area contributed by atoms with Crippen molar-refractivity contribution in [3.05, 3.63) is 70.4 Å². The summed E-state index contributed by atoms with van der Waals surface area (Å²) < 4.78 is 0.605. The molecular weight excluding hydrogens is 240 g/mol. The summed E-state index contributed by atoms with van der Waals surface area (Å²) in [4.78, 5) is 12.2. The van der Waals surface area contributed by atoms with Crippen molar-refractivity contribution in [2.24, 2.45) is 0 Å². The van der Waals surface area contributed by atoms with Gasteiger partial charge in [-0.3, -0.25) is 4.79 Å². The average Bonchev–Trinajstić information content (AvgIpc) is 2.71. The van der Waals surface area contributed by atoms with Gasteiger partial charge < -0.3 is 5.21 Å². The molecule has 1 aliphatic heterocycles. The number of ketones is 1. The number of rotatable bonds is 1. The third kappa shape index (κ3) is 1.60. The topological polar surface area (TPSA) is 66.9 Å². The first-order valence-corrected chi connectivity index (χ1v) is 5.71. The highest BCUT2D eigenvalue weighted by Crippen LogP contribution is 2.28. The Morgan fingerprint density at radius 1 is 1.11 bits per heavy atom. The van der Waals surface area contributed by atoms with Gasteiger partial charge in [0.2, 0.25) is 5.69 Å². The molecule has 0 spiro atoms. The molecule has 4 heteroatoms. The van der Waals surface area contributed by atoms with Crippen LogP contribution in [-0.4, -0.2) is 16.2 Å². The van der Waals surface area contributed by atoms with Crippen LogP contribution in [0.25, 0.3) is 0 Å². The number of nitriles is 1. The molecule has 0 saturated heterocycles. The first-order valence-electron chi connectivity index (χ1n) is 5.71. The zero-order chi connectivity index (χ0) is 13.4. The number of hydrogen-bond donors (Lipinski definition) is 0. The molecule has 0 fully saturated rings. The quantitative estimate of drug-likeness (QED) is 0.574. The molecule has 0 aliphatic carbocycles. The summed E-state index contributed by atoms with van der Waals surface area (Å²) in [6, 6.07) is 15.3. The predicted octanol–water partition coefficient (Wildman–Crippen LogP) is 2.39. The summed E-state index contributed by atoms with van der Waals surface area (Å²) in [6.07, 6.45) is 0. The van der Waals surface area contributed by atoms with Crippen molar-refractivity contribution in [3.63, 3.8) is 0 Å². The second kappa shape index (κ2) is 4.07. The lowest BCUT2D eigenvalue weighted by atomic mass is 10.0. The average molecular weight is 248 g/mol. The molecule has 0 saturated carbocycles. The second-order valence-electron chi connectivity index (χ2n) is 4.18. The molecule has 0 unspecified atom stereocenters. The maximum Gasteiger partial charge on any atom is 0.272 e. The van der Waals surface area contributed by atoms with E-state index in [1.54, 1.807) is 30.3 Å². The van der Waals surface area contributed by atoms with E-state index in [4.69, 9.17) is 5.26 Å². The Hall–Kier alpha value is -2.93. The largest absolute Gasteiger partial charge is 0.618 e. The molecule has 0 aromatic heterocycles. The first kappa shape index (κ1) is 11.2. The van der Waals surface area contributed by atoms with Crippen LogP contribution < -0.4 is 0 Å². The van der Waals surface area contributed by atoms with Gasteiger partial charge in [-0.25, -0.2) is 0 Å². The summed E-state index contributed by atoms with van der Waals surface area (Å²) in [7, 11) is 0. The Morgan fingerprint density at radius 3 is 2.53 bits per heavy atom. The lowest BCUT2D eigenvalue weighted by molar-refractivity contribution is -0.355. The van der Waals surface area contributed by atoms with Crippen LogP contribution in [0.5, 0.6) is 0 Å². The summed E-state index contributed by atoms with van der Waals surface area (Å²) in [5.41, 5.74) is 1.63. The van der Waals surface area contributed by atoms with Crippen molar-refractivity contribution < 1.29 is 9.53 Å². The van der Waals surface area contributed by atoms with Gasteiger partial charge in [-0.05, 0) is 24.3 Å². The van der Waals surface area contributed by atoms with Crippen LogP contribution in [0.4, 0.5) is 5.69 Å². The lowest BCUT2D eigenvalue weighted by Crippen LogP contribution is -2.16. The van der Waals surface area contributed by atoms with Crippen molar-refractivity contribution in [1.29, 1.82) is 5.26 Å². The van der Waals surface area contributed by atoms with Gasteiger partial charge in [0, 0.05) is 6.07 Å². The van der Waals surface area contributed by atoms with Gasteiger partial charge >= 0.3 is 0 Å². The number of hydrogen-bond acceptors (Lipinski definition) is 3. The molecule has 3 rings (SSSR count). The van der Waals surface area contributed by atoms with Crippen molar-refractivity contribution >= 4 is 17.2 Å². The lowest BCUT2D eigenvalue weighted by Gasteiger charge is -2.01. The molecule has 19 heavy (non-hydrogen) atoms. The van der Waals surface area contributed by atoms with Gasteiger partial charge in [-0.1, -0.05) is 18.2 Å². The Labute approximate surface area is 109 Å². The minimum atomic E-state index is -0.305. The molecule has 90 valence electrons. The van der Waals surface area contributed by atoms with Crippen LogP contribution in [0.3, 0.4) is 0 Å². The van der Waals surface area contributed by atoms with Gasteiger partial charge in [-0.15, -0.1) is 0 Å². The number of fused-ring (bicyclic) bond motifs is 1. The molecule has 1 aliphatic rings. The molecule has 0 amide bonds. The van der Waals surface area contributed by atoms with E-state index in [1.807, 2.05) is 12.1 Å². The van der Waals surface area contributed by atoms with Gasteiger partial charge in [0.25, 0.3) is 11.5 Å². The molecule has 2 aromatic carbocycles. The van der Waals surface area contributed by atoms with Crippen molar-refractivity contribution in [2.75, 3.05) is 0 Å². The maximum atomic E-state index is 12.2. The number of Topliss-reactive ketones (excluding diaryl/α,β-unsaturated/α-hetero) is 1. The van der Waals surface area contributed by atoms with Gasteiger partial charge in [0.15, 0.2) is 0 Å². The van der Waals surface area contributed by atoms with E-state index >= 15 is 0 Å². The molecule has 2 aromatic rings. The summed E-state index contributed by atoms with van der Waals surface area (Å²) >= 11 is 0.